The van der Waals surface area contributed by atoms with Crippen molar-refractivity contribution in [3.63, 3.8) is 0 Å². The van der Waals surface area contributed by atoms with E-state index in [1.165, 1.54) is 30.3 Å². The van der Waals surface area contributed by atoms with Crippen LogP contribution < -0.4 is 10.5 Å². The van der Waals surface area contributed by atoms with Gasteiger partial charge in [0.1, 0.15) is 0 Å². The Morgan fingerprint density at radius 2 is 1.76 bits per heavy atom. The van der Waals surface area contributed by atoms with Gasteiger partial charge >= 0.3 is 0 Å². The third-order valence-electron chi connectivity index (χ3n) is 2.69. The zero-order valence-electron chi connectivity index (χ0n) is 11.1. The maximum Gasteiger partial charge on any atom is 0.229 e. The molecule has 0 radical (unpaired) electrons. The fourth-order valence-corrected chi connectivity index (χ4v) is 2.61. The number of nitrogens with two attached hydrogens (primary N) is 1. The number of hydrogen-bond donors (Lipinski definition) is 2. The summed E-state index contributed by atoms with van der Waals surface area (Å²) in [4.78, 5) is 12.3. The molecule has 5 nitrogen and oxygen atoms in total. The minimum absolute atomic E-state index is 0.258. The van der Waals surface area contributed by atoms with Gasteiger partial charge in [0, 0.05) is 22.5 Å². The van der Waals surface area contributed by atoms with Crippen LogP contribution in [0, 0.1) is 0 Å². The Morgan fingerprint density at radius 3 is 2.29 bits per heavy atom. The Labute approximate surface area is 127 Å². The summed E-state index contributed by atoms with van der Waals surface area (Å²) in [5.41, 5.74) is 7.19. The lowest BCUT2D eigenvalue weighted by molar-refractivity contribution is 0.103. The van der Waals surface area contributed by atoms with Crippen molar-refractivity contribution in [3.8, 4) is 0 Å². The highest BCUT2D eigenvalue weighted by atomic mass is 35.5. The number of hydrogen-bond acceptors (Lipinski definition) is 4. The molecule has 110 valence electrons. The van der Waals surface area contributed by atoms with Crippen LogP contribution in [0.1, 0.15) is 15.9 Å². The molecule has 21 heavy (non-hydrogen) atoms. The number of carbonyl (C=O) groups is 1. The predicted octanol–water partition coefficient (Wildman–Crippen LogP) is 2.52. The van der Waals surface area contributed by atoms with Crippen molar-refractivity contribution in [3.05, 3.63) is 58.6 Å². The summed E-state index contributed by atoms with van der Waals surface area (Å²) >= 11 is 6.00. The van der Waals surface area contributed by atoms with Crippen molar-refractivity contribution in [2.45, 2.75) is 0 Å². The normalized spacial score (nSPS) is 11.1. The molecule has 0 bridgehead atoms. The van der Waals surface area contributed by atoms with Crippen molar-refractivity contribution >= 4 is 38.8 Å². The molecule has 2 rings (SSSR count). The Balaban J connectivity index is 2.28. The van der Waals surface area contributed by atoms with Crippen LogP contribution in [0.25, 0.3) is 0 Å². The molecule has 0 atom stereocenters. The van der Waals surface area contributed by atoms with Gasteiger partial charge in [-0.1, -0.05) is 11.6 Å². The van der Waals surface area contributed by atoms with E-state index in [0.29, 0.717) is 22.5 Å². The maximum atomic E-state index is 12.3. The summed E-state index contributed by atoms with van der Waals surface area (Å²) in [5, 5.41) is 0.276. The third-order valence-corrected chi connectivity index (χ3v) is 3.61. The lowest BCUT2D eigenvalue weighted by Gasteiger charge is -2.07. The first-order valence-electron chi connectivity index (χ1n) is 5.94. The molecular weight excluding hydrogens is 312 g/mol. The smallest absolute Gasteiger partial charge is 0.229 e. The van der Waals surface area contributed by atoms with Gasteiger partial charge in [0.2, 0.25) is 10.0 Å². The van der Waals surface area contributed by atoms with Crippen LogP contribution in [0.3, 0.4) is 0 Å². The van der Waals surface area contributed by atoms with Crippen LogP contribution in [0.2, 0.25) is 5.02 Å². The van der Waals surface area contributed by atoms with Crippen molar-refractivity contribution in [2.75, 3.05) is 16.7 Å². The quantitative estimate of drug-likeness (QED) is 0.668. The van der Waals surface area contributed by atoms with Crippen LogP contribution in [0.4, 0.5) is 11.4 Å². The Bertz CT molecular complexity index is 786. The molecule has 7 heteroatoms. The second-order valence-corrected chi connectivity index (χ2v) is 6.68. The first kappa shape index (κ1) is 15.3. The topological polar surface area (TPSA) is 89.3 Å². The molecule has 3 N–H and O–H groups in total. The van der Waals surface area contributed by atoms with Crippen molar-refractivity contribution in [1.29, 1.82) is 0 Å². The Kier molecular flexibility index (Phi) is 4.20. The molecule has 2 aromatic rings. The fourth-order valence-electron chi connectivity index (χ4n) is 1.77. The number of carbonyl (C=O) groups excluding carboxylic acids is 1. The monoisotopic (exact) mass is 324 g/mol. The van der Waals surface area contributed by atoms with Crippen LogP contribution >= 0.6 is 11.6 Å². The third kappa shape index (κ3) is 3.96. The average molecular weight is 325 g/mol. The van der Waals surface area contributed by atoms with E-state index < -0.39 is 10.0 Å². The highest BCUT2D eigenvalue weighted by Gasteiger charge is 2.13. The molecule has 0 unspecified atom stereocenters. The minimum Gasteiger partial charge on any atom is -0.399 e. The molecule has 0 amide bonds. The first-order chi connectivity index (χ1) is 9.76. The minimum atomic E-state index is -3.34. The van der Waals surface area contributed by atoms with Crippen molar-refractivity contribution in [2.24, 2.45) is 0 Å². The molecule has 0 saturated heterocycles. The van der Waals surface area contributed by atoms with Gasteiger partial charge in [-0.05, 0) is 42.5 Å². The summed E-state index contributed by atoms with van der Waals surface area (Å²) in [7, 11) is -3.34. The summed E-state index contributed by atoms with van der Waals surface area (Å²) in [6.45, 7) is 0. The molecule has 0 aromatic heterocycles. The van der Waals surface area contributed by atoms with E-state index in [4.69, 9.17) is 17.3 Å². The maximum absolute atomic E-state index is 12.3. The summed E-state index contributed by atoms with van der Waals surface area (Å²) in [6.07, 6.45) is 1.06. The molecule has 0 aliphatic carbocycles. The molecule has 0 spiro atoms. The van der Waals surface area contributed by atoms with Crippen molar-refractivity contribution in [1.82, 2.24) is 0 Å². The van der Waals surface area contributed by atoms with Gasteiger partial charge in [-0.2, -0.15) is 0 Å². The van der Waals surface area contributed by atoms with E-state index in [0.717, 1.165) is 6.26 Å². The van der Waals surface area contributed by atoms with Gasteiger partial charge in [0.05, 0.1) is 11.3 Å². The molecular formula is C14H13ClN2O3S. The van der Waals surface area contributed by atoms with E-state index in [1.54, 1.807) is 12.1 Å². The van der Waals surface area contributed by atoms with E-state index >= 15 is 0 Å². The zero-order chi connectivity index (χ0) is 15.6. The summed E-state index contributed by atoms with van der Waals surface area (Å²) in [5.74, 6) is -0.258. The van der Waals surface area contributed by atoms with Crippen LogP contribution in [0.15, 0.2) is 42.5 Å². The zero-order valence-corrected chi connectivity index (χ0v) is 12.7. The fraction of sp³-hybridized carbons (Fsp3) is 0.0714. The second kappa shape index (κ2) is 5.75. The van der Waals surface area contributed by atoms with E-state index in [1.807, 2.05) is 0 Å². The number of nitrogen functional groups attached to an aromatic ring is 1. The molecule has 0 aliphatic rings. The first-order valence-corrected chi connectivity index (χ1v) is 8.21. The molecule has 0 aliphatic heterocycles. The Morgan fingerprint density at radius 1 is 1.14 bits per heavy atom. The number of nitrogens with one attached hydrogen (secondary N) is 1. The van der Waals surface area contributed by atoms with Crippen LogP contribution in [0.5, 0.6) is 0 Å². The van der Waals surface area contributed by atoms with E-state index in [9.17, 15) is 13.2 Å². The predicted molar refractivity (Wildman–Crippen MR) is 84.2 cm³/mol. The molecule has 0 saturated carbocycles. The van der Waals surface area contributed by atoms with E-state index in [2.05, 4.69) is 4.72 Å². The van der Waals surface area contributed by atoms with E-state index in [-0.39, 0.29) is 10.8 Å². The van der Waals surface area contributed by atoms with Gasteiger partial charge in [0.25, 0.3) is 0 Å². The number of ketones is 1. The number of anilines is 2. The van der Waals surface area contributed by atoms with Gasteiger partial charge in [-0.3, -0.25) is 9.52 Å². The standard InChI is InChI=1S/C14H13ClN2O3S/c1-21(19,20)17-11-5-2-9(3-6-11)14(18)12-7-4-10(16)8-13(12)15/h2-8,17H,16H2,1H3. The van der Waals surface area contributed by atoms with Gasteiger partial charge in [0.15, 0.2) is 5.78 Å². The SMILES string of the molecule is CS(=O)(=O)Nc1ccc(C(=O)c2ccc(N)cc2Cl)cc1. The van der Waals surface area contributed by atoms with Gasteiger partial charge in [-0.15, -0.1) is 0 Å². The average Bonchev–Trinajstić information content (AvgIpc) is 2.37. The summed E-state index contributed by atoms with van der Waals surface area (Å²) < 4.78 is 24.5. The highest BCUT2D eigenvalue weighted by molar-refractivity contribution is 7.92. The molecule has 0 heterocycles. The summed E-state index contributed by atoms with van der Waals surface area (Å²) in [6, 6.07) is 10.7. The van der Waals surface area contributed by atoms with Crippen LogP contribution in [-0.4, -0.2) is 20.5 Å². The number of benzene rings is 2. The molecule has 2 aromatic carbocycles. The second-order valence-electron chi connectivity index (χ2n) is 4.52. The lowest BCUT2D eigenvalue weighted by Crippen LogP contribution is -2.09. The van der Waals surface area contributed by atoms with Gasteiger partial charge in [-0.25, -0.2) is 8.42 Å². The van der Waals surface area contributed by atoms with Crippen LogP contribution in [-0.2, 0) is 10.0 Å². The number of rotatable bonds is 4. The molecule has 0 fully saturated rings. The number of halogens is 1. The highest BCUT2D eigenvalue weighted by Crippen LogP contribution is 2.23. The largest absolute Gasteiger partial charge is 0.399 e. The lowest BCUT2D eigenvalue weighted by atomic mass is 10.0. The van der Waals surface area contributed by atoms with Crippen molar-refractivity contribution < 1.29 is 13.2 Å². The van der Waals surface area contributed by atoms with Gasteiger partial charge < -0.3 is 5.73 Å². The Hall–Kier alpha value is -2.05. The number of sulfonamides is 1.